The molecule has 0 saturated heterocycles. The van der Waals surface area contributed by atoms with Gasteiger partial charge >= 0.3 is 21.1 Å². The van der Waals surface area contributed by atoms with Gasteiger partial charge in [0.25, 0.3) is 0 Å². The van der Waals surface area contributed by atoms with Gasteiger partial charge in [-0.15, -0.1) is 12.1 Å². The van der Waals surface area contributed by atoms with Crippen molar-refractivity contribution in [3.63, 3.8) is 0 Å². The molecule has 6 heterocycles. The molecular weight excluding hydrogens is 728 g/mol. The Morgan fingerprint density at radius 3 is 2.00 bits per heavy atom. The number of benzene rings is 3. The molecule has 0 amide bonds. The number of ether oxygens (including phenoxy) is 1. The Morgan fingerprint density at radius 2 is 1.27 bits per heavy atom. The molecule has 212 valence electrons. The van der Waals surface area contributed by atoms with Crippen LogP contribution in [-0.2, 0) is 21.1 Å². The fourth-order valence-electron chi connectivity index (χ4n) is 6.34. The van der Waals surface area contributed by atoms with Gasteiger partial charge in [-0.2, -0.15) is 0 Å². The van der Waals surface area contributed by atoms with Crippen molar-refractivity contribution in [1.82, 2.24) is 28.7 Å². The summed E-state index contributed by atoms with van der Waals surface area (Å²) in [6.45, 7) is 4.25. The molecule has 44 heavy (non-hydrogen) atoms. The summed E-state index contributed by atoms with van der Waals surface area (Å²) in [5.74, 6) is 1.17. The maximum absolute atomic E-state index is 6.36. The molecule has 0 aliphatic carbocycles. The third-order valence-electron chi connectivity index (χ3n) is 8.27. The van der Waals surface area contributed by atoms with Crippen molar-refractivity contribution in [3.8, 4) is 22.8 Å². The second kappa shape index (κ2) is 9.97. The van der Waals surface area contributed by atoms with Gasteiger partial charge in [-0.1, -0.05) is 70.1 Å². The Hall–Kier alpha value is -5.13. The van der Waals surface area contributed by atoms with Gasteiger partial charge in [-0.3, -0.25) is 15.0 Å². The standard InChI is InChI=1S/C36H22N6O.Pt/c1-21-4-3-5-22(2)33(21)31-11-10-28-26-9-7-24(19-30(26)35-39-15-17-42(35)36(28)40-31)43-23-6-8-25-27-12-13-37-20-32(27)41-16-14-38-34(41)29(25)18-23;/h3-17,20H,1-2H3;/q-2;+2. The SMILES string of the molecule is Cc1cccc(C)c1-c1ccc2c3ccc(Oc4[c-]c5c(cc4)c4ccncc4n4ccnc54)[c-]c3c3nccn3c2n1.[Pt+2]. The van der Waals surface area contributed by atoms with E-state index in [1.54, 1.807) is 18.6 Å². The first-order valence-corrected chi connectivity index (χ1v) is 14.0. The van der Waals surface area contributed by atoms with Crippen LogP contribution < -0.4 is 4.74 Å². The molecular formula is C36H22N6OPt. The predicted octanol–water partition coefficient (Wildman–Crippen LogP) is 8.06. The molecule has 0 aliphatic heterocycles. The zero-order valence-electron chi connectivity index (χ0n) is 23.6. The summed E-state index contributed by atoms with van der Waals surface area (Å²) in [7, 11) is 0. The van der Waals surface area contributed by atoms with Crippen LogP contribution in [0.5, 0.6) is 11.5 Å². The number of aryl methyl sites for hydroxylation is 2. The summed E-state index contributed by atoms with van der Waals surface area (Å²) < 4.78 is 10.4. The number of hydrogen-bond acceptors (Lipinski definition) is 5. The average Bonchev–Trinajstić information content (AvgIpc) is 3.73. The van der Waals surface area contributed by atoms with Gasteiger partial charge in [-0.05, 0) is 47.9 Å². The van der Waals surface area contributed by atoms with Gasteiger partial charge < -0.3 is 13.5 Å². The topological polar surface area (TPSA) is 69.6 Å². The van der Waals surface area contributed by atoms with Crippen molar-refractivity contribution in [3.05, 3.63) is 121 Å². The Bertz CT molecular complexity index is 2570. The van der Waals surface area contributed by atoms with E-state index in [1.165, 1.54) is 11.1 Å². The van der Waals surface area contributed by atoms with Crippen molar-refractivity contribution in [1.29, 1.82) is 0 Å². The molecule has 9 rings (SSSR count). The normalized spacial score (nSPS) is 11.7. The van der Waals surface area contributed by atoms with Crippen LogP contribution >= 0.6 is 0 Å². The van der Waals surface area contributed by atoms with Crippen molar-refractivity contribution in [2.45, 2.75) is 13.8 Å². The second-order valence-electron chi connectivity index (χ2n) is 10.8. The van der Waals surface area contributed by atoms with Crippen molar-refractivity contribution < 1.29 is 25.8 Å². The third kappa shape index (κ3) is 3.86. The average molecular weight is 750 g/mol. The van der Waals surface area contributed by atoms with E-state index >= 15 is 0 Å². The van der Waals surface area contributed by atoms with Crippen LogP contribution in [0.1, 0.15) is 11.1 Å². The molecule has 0 N–H and O–H groups in total. The van der Waals surface area contributed by atoms with E-state index in [2.05, 4.69) is 78.4 Å². The molecule has 6 aromatic heterocycles. The fourth-order valence-corrected chi connectivity index (χ4v) is 6.34. The molecule has 0 saturated carbocycles. The van der Waals surface area contributed by atoms with Crippen molar-refractivity contribution in [2.24, 2.45) is 0 Å². The molecule has 9 aromatic rings. The number of pyridine rings is 4. The smallest absolute Gasteiger partial charge is 0.497 e. The Balaban J connectivity index is 0.00000289. The predicted molar refractivity (Wildman–Crippen MR) is 169 cm³/mol. The summed E-state index contributed by atoms with van der Waals surface area (Å²) in [6.07, 6.45) is 11.1. The fraction of sp³-hybridized carbons (Fsp3) is 0.0556. The summed E-state index contributed by atoms with van der Waals surface area (Å²) in [5.41, 5.74) is 7.96. The molecule has 0 radical (unpaired) electrons. The number of rotatable bonds is 3. The number of hydrogen-bond donors (Lipinski definition) is 0. The summed E-state index contributed by atoms with van der Waals surface area (Å²) >= 11 is 0. The Labute approximate surface area is 266 Å². The Morgan fingerprint density at radius 1 is 0.636 bits per heavy atom. The van der Waals surface area contributed by atoms with Gasteiger partial charge in [0.05, 0.1) is 22.5 Å². The van der Waals surface area contributed by atoms with Crippen LogP contribution in [0.15, 0.2) is 97.8 Å². The maximum atomic E-state index is 6.36. The van der Waals surface area contributed by atoms with Gasteiger partial charge in [0, 0.05) is 54.2 Å². The van der Waals surface area contributed by atoms with Gasteiger partial charge in [-0.25, -0.2) is 4.98 Å². The Kier molecular flexibility index (Phi) is 6.00. The first-order chi connectivity index (χ1) is 21.1. The van der Waals surface area contributed by atoms with Crippen molar-refractivity contribution >= 4 is 54.8 Å². The third-order valence-corrected chi connectivity index (χ3v) is 8.27. The summed E-state index contributed by atoms with van der Waals surface area (Å²) in [5, 5.41) is 5.92. The van der Waals surface area contributed by atoms with Gasteiger partial charge in [0.2, 0.25) is 0 Å². The van der Waals surface area contributed by atoms with Gasteiger partial charge in [0.1, 0.15) is 5.65 Å². The van der Waals surface area contributed by atoms with Crippen LogP contribution in [0.4, 0.5) is 0 Å². The van der Waals surface area contributed by atoms with Crippen LogP contribution in [0.3, 0.4) is 0 Å². The molecule has 0 spiro atoms. The minimum absolute atomic E-state index is 0. The molecule has 0 atom stereocenters. The van der Waals surface area contributed by atoms with Crippen LogP contribution in [0, 0.1) is 26.0 Å². The van der Waals surface area contributed by atoms with E-state index in [0.717, 1.165) is 66.0 Å². The quantitative estimate of drug-likeness (QED) is 0.135. The number of fused-ring (bicyclic) bond motifs is 12. The van der Waals surface area contributed by atoms with Crippen LogP contribution in [0.2, 0.25) is 0 Å². The summed E-state index contributed by atoms with van der Waals surface area (Å²) in [6, 6.07) is 27.5. The number of imidazole rings is 2. The molecule has 0 bridgehead atoms. The maximum Gasteiger partial charge on any atom is 2.00 e. The van der Waals surface area contributed by atoms with Gasteiger partial charge in [0.15, 0.2) is 0 Å². The van der Waals surface area contributed by atoms with E-state index in [9.17, 15) is 0 Å². The minimum Gasteiger partial charge on any atom is -0.497 e. The first-order valence-electron chi connectivity index (χ1n) is 14.0. The molecule has 3 aromatic carbocycles. The monoisotopic (exact) mass is 749 g/mol. The molecule has 0 unspecified atom stereocenters. The largest absolute Gasteiger partial charge is 2.00 e. The second-order valence-corrected chi connectivity index (χ2v) is 10.8. The molecule has 7 nitrogen and oxygen atoms in total. The van der Waals surface area contributed by atoms with Crippen LogP contribution in [0.25, 0.3) is 66.0 Å². The zero-order chi connectivity index (χ0) is 28.7. The number of aromatic nitrogens is 6. The molecule has 0 aliphatic rings. The van der Waals surface area contributed by atoms with E-state index < -0.39 is 0 Å². The minimum atomic E-state index is 0. The van der Waals surface area contributed by atoms with Crippen molar-refractivity contribution in [2.75, 3.05) is 0 Å². The zero-order valence-corrected chi connectivity index (χ0v) is 25.9. The number of nitrogens with zero attached hydrogens (tertiary/aromatic N) is 6. The van der Waals surface area contributed by atoms with Crippen LogP contribution in [-0.4, -0.2) is 28.7 Å². The van der Waals surface area contributed by atoms with E-state index in [-0.39, 0.29) is 21.1 Å². The molecule has 0 fully saturated rings. The summed E-state index contributed by atoms with van der Waals surface area (Å²) in [4.78, 5) is 18.7. The van der Waals surface area contributed by atoms with E-state index in [4.69, 9.17) is 14.7 Å². The molecule has 8 heteroatoms. The first kappa shape index (κ1) is 26.5. The van der Waals surface area contributed by atoms with E-state index in [0.29, 0.717) is 11.5 Å². The van der Waals surface area contributed by atoms with E-state index in [1.807, 2.05) is 45.6 Å².